The van der Waals surface area contributed by atoms with Crippen molar-refractivity contribution < 1.29 is 32.9 Å². The third-order valence-corrected chi connectivity index (χ3v) is 19.1. The summed E-state index contributed by atoms with van der Waals surface area (Å²) >= 11 is 0. The van der Waals surface area contributed by atoms with Crippen LogP contribution in [-0.2, 0) is 18.4 Å². The van der Waals surface area contributed by atoms with E-state index in [4.69, 9.17) is 9.05 Å². The summed E-state index contributed by atoms with van der Waals surface area (Å²) in [5.41, 5.74) is 0. The van der Waals surface area contributed by atoms with Crippen molar-refractivity contribution in [3.63, 3.8) is 0 Å². The zero-order valence-corrected chi connectivity index (χ0v) is 63.1. The maximum Gasteiger partial charge on any atom is 0.472 e. The molecule has 93 heavy (non-hydrogen) atoms. The van der Waals surface area contributed by atoms with Crippen molar-refractivity contribution in [3.05, 3.63) is 97.2 Å². The van der Waals surface area contributed by atoms with Crippen LogP contribution < -0.4 is 5.32 Å². The van der Waals surface area contributed by atoms with E-state index in [1.165, 1.54) is 263 Å². The van der Waals surface area contributed by atoms with Gasteiger partial charge < -0.3 is 19.8 Å². The average molecular weight is 1320 g/mol. The molecule has 0 aromatic rings. The molecule has 8 nitrogen and oxygen atoms in total. The Labute approximate surface area is 579 Å². The first-order chi connectivity index (χ1) is 45.5. The Morgan fingerprint density at radius 1 is 0.376 bits per heavy atom. The van der Waals surface area contributed by atoms with E-state index in [2.05, 4.69) is 116 Å². The maximum absolute atomic E-state index is 13.1. The molecule has 542 valence electrons. The lowest BCUT2D eigenvalue weighted by Gasteiger charge is -2.26. The number of quaternary nitrogens is 1. The van der Waals surface area contributed by atoms with Gasteiger partial charge in [-0.3, -0.25) is 13.8 Å². The number of carbonyl (C=O) groups is 1. The third kappa shape index (κ3) is 76.7. The normalized spacial score (nSPS) is 14.0. The van der Waals surface area contributed by atoms with Gasteiger partial charge in [0.15, 0.2) is 0 Å². The molecule has 0 fully saturated rings. The summed E-state index contributed by atoms with van der Waals surface area (Å²) in [7, 11) is 1.62. The van der Waals surface area contributed by atoms with Crippen LogP contribution in [0.5, 0.6) is 0 Å². The number of hydrogen-bond donors (Lipinski definition) is 3. The van der Waals surface area contributed by atoms with Gasteiger partial charge in [-0.2, -0.15) is 0 Å². The number of aliphatic hydroxyl groups excluding tert-OH is 1. The molecule has 0 spiro atoms. The van der Waals surface area contributed by atoms with Crippen LogP contribution in [0.15, 0.2) is 97.2 Å². The monoisotopic (exact) mass is 1320 g/mol. The van der Waals surface area contributed by atoms with E-state index in [0.29, 0.717) is 23.9 Å². The number of phosphoric acid groups is 1. The van der Waals surface area contributed by atoms with E-state index in [0.717, 1.165) is 89.9 Å². The summed E-state index contributed by atoms with van der Waals surface area (Å²) < 4.78 is 24.0. The molecule has 0 aliphatic carbocycles. The summed E-state index contributed by atoms with van der Waals surface area (Å²) in [6, 6.07) is -0.768. The van der Waals surface area contributed by atoms with Gasteiger partial charge in [-0.1, -0.05) is 394 Å². The third-order valence-electron chi connectivity index (χ3n) is 18.1. The van der Waals surface area contributed by atoms with Gasteiger partial charge >= 0.3 is 7.82 Å². The Balaban J connectivity index is 3.98. The quantitative estimate of drug-likeness (QED) is 0.0243. The molecule has 0 bridgehead atoms. The van der Waals surface area contributed by atoms with Gasteiger partial charge in [0.25, 0.3) is 0 Å². The zero-order valence-electron chi connectivity index (χ0n) is 62.2. The van der Waals surface area contributed by atoms with Gasteiger partial charge in [-0.15, -0.1) is 0 Å². The van der Waals surface area contributed by atoms with Crippen LogP contribution in [0.25, 0.3) is 0 Å². The van der Waals surface area contributed by atoms with E-state index >= 15 is 0 Å². The second kappa shape index (κ2) is 73.7. The minimum Gasteiger partial charge on any atom is -0.391 e. The molecule has 0 radical (unpaired) electrons. The van der Waals surface area contributed by atoms with Gasteiger partial charge in [0, 0.05) is 6.42 Å². The predicted octanol–water partition coefficient (Wildman–Crippen LogP) is 26.4. The molecule has 3 unspecified atom stereocenters. The molecule has 0 heterocycles. The van der Waals surface area contributed by atoms with Crippen LogP contribution in [-0.4, -0.2) is 73.4 Å². The standard InChI is InChI=1S/C84H155N2O6P/c1-6-8-10-12-14-16-18-20-22-24-26-28-30-32-34-36-38-40-41-42-43-44-45-46-48-50-52-54-56-58-60-62-64-66-68-70-72-74-76-78-84(88)85-82(81-92-93(89,90)91-80-79-86(3,4)5)83(87)77-75-73-71-69-67-65-63-61-59-57-55-53-51-49-47-39-37-35-33-31-29-27-25-23-21-19-17-15-13-11-9-7-2/h8,10,14,16,20,22,26,28,32,34,38,40,42-43,45-46,82-83,87H,6-7,9,11-13,15,17-19,21,23-25,27,29-31,33,35-37,39,41,44,47-81H2,1-5H3,(H-,85,88,89,90)/p+1/b10-8-,16-14-,22-20-,28-26-,34-32-,40-38-,43-42-,46-45-. The van der Waals surface area contributed by atoms with Crippen molar-refractivity contribution in [1.82, 2.24) is 5.32 Å². The van der Waals surface area contributed by atoms with Gasteiger partial charge in [0.05, 0.1) is 39.9 Å². The van der Waals surface area contributed by atoms with Gasteiger partial charge in [0.2, 0.25) is 5.91 Å². The Hall–Kier alpha value is -2.58. The summed E-state index contributed by atoms with van der Waals surface area (Å²) in [6.07, 6.45) is 107. The van der Waals surface area contributed by atoms with E-state index < -0.39 is 20.0 Å². The number of aliphatic hydroxyl groups is 1. The van der Waals surface area contributed by atoms with Gasteiger partial charge in [0.1, 0.15) is 13.2 Å². The first-order valence-electron chi connectivity index (χ1n) is 40.1. The highest BCUT2D eigenvalue weighted by Gasteiger charge is 2.28. The molecule has 9 heteroatoms. The molecule has 0 saturated carbocycles. The van der Waals surface area contributed by atoms with Crippen molar-refractivity contribution in [1.29, 1.82) is 0 Å². The number of unbranched alkanes of at least 4 members (excludes halogenated alkanes) is 45. The molecule has 0 aromatic carbocycles. The number of nitrogens with zero attached hydrogens (tertiary/aromatic N) is 1. The number of phosphoric ester groups is 1. The molecule has 0 aliphatic rings. The maximum atomic E-state index is 13.1. The highest BCUT2D eigenvalue weighted by molar-refractivity contribution is 7.47. The number of amides is 1. The lowest BCUT2D eigenvalue weighted by atomic mass is 10.0. The number of allylic oxidation sites excluding steroid dienone is 16. The molecule has 0 saturated heterocycles. The van der Waals surface area contributed by atoms with Crippen LogP contribution in [0.2, 0.25) is 0 Å². The molecule has 1 amide bonds. The first kappa shape index (κ1) is 90.4. The van der Waals surface area contributed by atoms with E-state index in [9.17, 15) is 19.4 Å². The average Bonchev–Trinajstić information content (AvgIpc) is 1.94. The van der Waals surface area contributed by atoms with Crippen LogP contribution in [0.1, 0.15) is 380 Å². The molecule has 3 N–H and O–H groups in total. The summed E-state index contributed by atoms with van der Waals surface area (Å²) in [5.74, 6) is -0.142. The largest absolute Gasteiger partial charge is 0.472 e. The number of rotatable bonds is 74. The highest BCUT2D eigenvalue weighted by atomic mass is 31.2. The van der Waals surface area contributed by atoms with Gasteiger partial charge in [-0.05, 0) is 77.0 Å². The Morgan fingerprint density at radius 2 is 0.645 bits per heavy atom. The summed E-state index contributed by atoms with van der Waals surface area (Å²) in [5, 5.41) is 14.2. The molecule has 0 rings (SSSR count). The summed E-state index contributed by atoms with van der Waals surface area (Å²) in [6.45, 7) is 4.82. The van der Waals surface area contributed by atoms with Gasteiger partial charge in [-0.25, -0.2) is 4.57 Å². The van der Waals surface area contributed by atoms with Crippen molar-refractivity contribution in [2.45, 2.75) is 392 Å². The fourth-order valence-corrected chi connectivity index (χ4v) is 12.7. The van der Waals surface area contributed by atoms with Crippen molar-refractivity contribution >= 4 is 13.7 Å². The number of hydrogen-bond acceptors (Lipinski definition) is 5. The predicted molar refractivity (Wildman–Crippen MR) is 410 cm³/mol. The Morgan fingerprint density at radius 3 is 0.946 bits per heavy atom. The highest BCUT2D eigenvalue weighted by Crippen LogP contribution is 2.43. The molecular weight excluding hydrogens is 1160 g/mol. The number of likely N-dealkylation sites (N-methyl/N-ethyl adjacent to an activating group) is 1. The smallest absolute Gasteiger partial charge is 0.391 e. The van der Waals surface area contributed by atoms with Crippen molar-refractivity contribution in [2.75, 3.05) is 40.9 Å². The Kier molecular flexibility index (Phi) is 71.6. The minimum absolute atomic E-state index is 0.0728. The topological polar surface area (TPSA) is 105 Å². The van der Waals surface area contributed by atoms with E-state index in [1.54, 1.807) is 0 Å². The molecule has 3 atom stereocenters. The molecule has 0 aliphatic heterocycles. The lowest BCUT2D eigenvalue weighted by molar-refractivity contribution is -0.870. The minimum atomic E-state index is -4.34. The van der Waals surface area contributed by atoms with Crippen LogP contribution in [0, 0.1) is 0 Å². The van der Waals surface area contributed by atoms with E-state index in [-0.39, 0.29) is 19.1 Å². The fraction of sp³-hybridized carbons (Fsp3) is 0.798. The van der Waals surface area contributed by atoms with E-state index in [1.807, 2.05) is 21.1 Å². The second-order valence-electron chi connectivity index (χ2n) is 28.4. The second-order valence-corrected chi connectivity index (χ2v) is 29.9. The first-order valence-corrected chi connectivity index (χ1v) is 41.6. The van der Waals surface area contributed by atoms with Crippen LogP contribution in [0.3, 0.4) is 0 Å². The molecular formula is C84H156N2O6P+. The number of carbonyl (C=O) groups excluding carboxylic acids is 1. The Bertz CT molecular complexity index is 1840. The fourth-order valence-electron chi connectivity index (χ4n) is 12.0. The molecule has 0 aromatic heterocycles. The van der Waals surface area contributed by atoms with Crippen LogP contribution in [0.4, 0.5) is 0 Å². The number of nitrogens with one attached hydrogen (secondary N) is 1. The SMILES string of the molecule is CC/C=C\C/C=C\C/C=C\C/C=C\C/C=C\C/C=C\C/C=C\C/C=C\CCCCCCCCCCCCCCCCC(=O)NC(COP(=O)(O)OCC[N+](C)(C)C)C(O)CCCCCCCCCCCCCCCCCCCCCCCCCCCCCCCCCC. The van der Waals surface area contributed by atoms with Crippen molar-refractivity contribution in [3.8, 4) is 0 Å². The summed E-state index contributed by atoms with van der Waals surface area (Å²) in [4.78, 5) is 23.5. The van der Waals surface area contributed by atoms with Crippen molar-refractivity contribution in [2.24, 2.45) is 0 Å². The lowest BCUT2D eigenvalue weighted by Crippen LogP contribution is -2.46. The van der Waals surface area contributed by atoms with Crippen LogP contribution >= 0.6 is 7.82 Å². The zero-order chi connectivity index (χ0) is 67.6.